The lowest BCUT2D eigenvalue weighted by molar-refractivity contribution is 0.524. The molecule has 52 heavy (non-hydrogen) atoms. The Labute approximate surface area is 323 Å². The normalized spacial score (nSPS) is 11.9. The summed E-state index contributed by atoms with van der Waals surface area (Å²) >= 11 is 0. The molecule has 0 atom stereocenters. The first kappa shape index (κ1) is 45.5. The minimum absolute atomic E-state index is 0.852. The van der Waals surface area contributed by atoms with E-state index in [1.54, 1.807) is 0 Å². The molecule has 0 heterocycles. The lowest BCUT2D eigenvalue weighted by atomic mass is 10.0. The van der Waals surface area contributed by atoms with E-state index < -0.39 is 0 Å². The Balaban J connectivity index is 1.84. The minimum Gasteiger partial charge on any atom is -0.251 e. The zero-order valence-electron chi connectivity index (χ0n) is 34.7. The molecule has 2 aromatic rings. The van der Waals surface area contributed by atoms with Crippen LogP contribution < -0.4 is 0 Å². The Morgan fingerprint density at radius 2 is 0.769 bits per heavy atom. The van der Waals surface area contributed by atoms with Gasteiger partial charge in [-0.2, -0.15) is 0 Å². The fraction of sp³-hybridized carbons (Fsp3) is 0.680. The highest BCUT2D eigenvalue weighted by atomic mass is 14.8. The second-order valence-corrected chi connectivity index (χ2v) is 15.4. The molecule has 2 heteroatoms. The summed E-state index contributed by atoms with van der Waals surface area (Å²) < 4.78 is 0. The van der Waals surface area contributed by atoms with Crippen LogP contribution in [0.1, 0.15) is 219 Å². The predicted octanol–water partition coefficient (Wildman–Crippen LogP) is 16.6. The van der Waals surface area contributed by atoms with Crippen LogP contribution in [0.25, 0.3) is 0 Å². The molecule has 2 nitrogen and oxygen atoms in total. The van der Waals surface area contributed by atoms with Gasteiger partial charge in [-0.15, -0.1) is 0 Å². The van der Waals surface area contributed by atoms with Crippen molar-refractivity contribution in [2.75, 3.05) is 0 Å². The van der Waals surface area contributed by atoms with Crippen molar-refractivity contribution >= 4 is 22.8 Å². The standard InChI is InChI=1S/C50H80N2/c1-5-9-13-14-15-16-17-18-19-20-21-22-23-24-25-26-27-28-29-30-32-36-50(52-48-43-39-46(40-44-48)34-12-8-4)49(35-31-10-6-2)51-47-41-37-45(38-42-47)33-11-7-3/h37-44H,5-31,33-35H2,1-4H3. The molecule has 0 bridgehead atoms. The van der Waals surface area contributed by atoms with E-state index in [1.807, 2.05) is 0 Å². The van der Waals surface area contributed by atoms with Crippen LogP contribution in [0, 0.1) is 11.8 Å². The van der Waals surface area contributed by atoms with E-state index in [9.17, 15) is 0 Å². The van der Waals surface area contributed by atoms with E-state index in [0.29, 0.717) is 0 Å². The van der Waals surface area contributed by atoms with Crippen LogP contribution in [0.15, 0.2) is 58.5 Å². The molecule has 0 spiro atoms. The third-order valence-corrected chi connectivity index (χ3v) is 10.4. The summed E-state index contributed by atoms with van der Waals surface area (Å²) in [5, 5.41) is 0. The molecule has 0 unspecified atom stereocenters. The number of nitrogens with zero attached hydrogens (tertiary/aromatic N) is 2. The predicted molar refractivity (Wildman–Crippen MR) is 234 cm³/mol. The van der Waals surface area contributed by atoms with Gasteiger partial charge in [-0.1, -0.05) is 199 Å². The molecule has 2 rings (SSSR count). The molecule has 0 aliphatic rings. The van der Waals surface area contributed by atoms with E-state index in [4.69, 9.17) is 9.98 Å². The topological polar surface area (TPSA) is 24.7 Å². The molecule has 0 amide bonds. The van der Waals surface area contributed by atoms with E-state index in [0.717, 1.165) is 54.9 Å². The Morgan fingerprint density at radius 1 is 0.404 bits per heavy atom. The van der Waals surface area contributed by atoms with Gasteiger partial charge < -0.3 is 0 Å². The van der Waals surface area contributed by atoms with Gasteiger partial charge in [0.05, 0.1) is 17.1 Å². The SMILES string of the molecule is CCCCCCCCCCCCCCCCCCCCCC#CC(=Nc1ccc(CCCC)cc1)C(CCCCC)=Nc1ccc(CCCC)cc1. The summed E-state index contributed by atoms with van der Waals surface area (Å²) in [5.74, 6) is 7.06. The fourth-order valence-corrected chi connectivity index (χ4v) is 6.89. The van der Waals surface area contributed by atoms with Gasteiger partial charge in [0.15, 0.2) is 0 Å². The highest BCUT2D eigenvalue weighted by Crippen LogP contribution is 2.20. The molecule has 0 aliphatic carbocycles. The zero-order chi connectivity index (χ0) is 37.2. The van der Waals surface area contributed by atoms with Crippen LogP contribution >= 0.6 is 0 Å². The summed E-state index contributed by atoms with van der Waals surface area (Å²) in [7, 11) is 0. The van der Waals surface area contributed by atoms with Crippen LogP contribution in [-0.2, 0) is 12.8 Å². The summed E-state index contributed by atoms with van der Waals surface area (Å²) in [4.78, 5) is 10.3. The number of hydrogen-bond acceptors (Lipinski definition) is 2. The Hall–Kier alpha value is -2.66. The van der Waals surface area contributed by atoms with Crippen LogP contribution in [0.4, 0.5) is 11.4 Å². The van der Waals surface area contributed by atoms with Crippen molar-refractivity contribution in [2.45, 2.75) is 220 Å². The van der Waals surface area contributed by atoms with E-state index in [2.05, 4.69) is 88.1 Å². The maximum Gasteiger partial charge on any atom is 0.135 e. The van der Waals surface area contributed by atoms with Gasteiger partial charge in [0.2, 0.25) is 0 Å². The van der Waals surface area contributed by atoms with E-state index in [1.165, 1.54) is 172 Å². The van der Waals surface area contributed by atoms with Gasteiger partial charge in [0, 0.05) is 6.42 Å². The number of aliphatic imine (C=N–C) groups is 2. The zero-order valence-corrected chi connectivity index (χ0v) is 34.7. The maximum atomic E-state index is 5.20. The quantitative estimate of drug-likeness (QED) is 0.0411. The van der Waals surface area contributed by atoms with Crippen LogP contribution in [0.2, 0.25) is 0 Å². The molecule has 0 saturated heterocycles. The summed E-state index contributed by atoms with van der Waals surface area (Å²) in [6, 6.07) is 17.6. The van der Waals surface area contributed by atoms with Gasteiger partial charge in [-0.25, -0.2) is 4.99 Å². The second kappa shape index (κ2) is 32.9. The number of hydrogen-bond donors (Lipinski definition) is 0. The van der Waals surface area contributed by atoms with Crippen molar-refractivity contribution in [1.29, 1.82) is 0 Å². The molecular formula is C50H80N2. The molecule has 0 aromatic heterocycles. The largest absolute Gasteiger partial charge is 0.251 e. The molecular weight excluding hydrogens is 629 g/mol. The van der Waals surface area contributed by atoms with Gasteiger partial charge in [0.1, 0.15) is 5.71 Å². The van der Waals surface area contributed by atoms with Crippen molar-refractivity contribution in [3.05, 3.63) is 59.7 Å². The third-order valence-electron chi connectivity index (χ3n) is 10.4. The van der Waals surface area contributed by atoms with E-state index >= 15 is 0 Å². The molecule has 0 N–H and O–H groups in total. The first-order valence-corrected chi connectivity index (χ1v) is 22.5. The molecule has 2 aromatic carbocycles. The number of aryl methyl sites for hydroxylation is 2. The van der Waals surface area contributed by atoms with E-state index in [-0.39, 0.29) is 0 Å². The first-order chi connectivity index (χ1) is 25.7. The van der Waals surface area contributed by atoms with Crippen molar-refractivity contribution in [3.8, 4) is 11.8 Å². The fourth-order valence-electron chi connectivity index (χ4n) is 6.89. The molecule has 0 radical (unpaired) electrons. The highest BCUT2D eigenvalue weighted by Gasteiger charge is 2.09. The first-order valence-electron chi connectivity index (χ1n) is 22.5. The lowest BCUT2D eigenvalue weighted by Crippen LogP contribution is -2.12. The summed E-state index contributed by atoms with van der Waals surface area (Å²) in [5.41, 5.74) is 6.65. The lowest BCUT2D eigenvalue weighted by Gasteiger charge is -2.08. The maximum absolute atomic E-state index is 5.20. The van der Waals surface area contributed by atoms with Crippen LogP contribution in [0.3, 0.4) is 0 Å². The summed E-state index contributed by atoms with van der Waals surface area (Å²) in [6.07, 6.45) is 39.2. The molecule has 0 aliphatic heterocycles. The van der Waals surface area contributed by atoms with Crippen molar-refractivity contribution < 1.29 is 0 Å². The minimum atomic E-state index is 0.852. The number of unbranched alkanes of at least 4 members (excludes halogenated alkanes) is 23. The average molecular weight is 709 g/mol. The molecule has 0 saturated carbocycles. The highest BCUT2D eigenvalue weighted by molar-refractivity contribution is 6.49. The van der Waals surface area contributed by atoms with Gasteiger partial charge >= 0.3 is 0 Å². The molecule has 290 valence electrons. The smallest absolute Gasteiger partial charge is 0.135 e. The Kier molecular flexibility index (Phi) is 28.8. The Bertz CT molecular complexity index is 1220. The Morgan fingerprint density at radius 3 is 1.19 bits per heavy atom. The van der Waals surface area contributed by atoms with Crippen molar-refractivity contribution in [3.63, 3.8) is 0 Å². The van der Waals surface area contributed by atoms with Crippen LogP contribution in [0.5, 0.6) is 0 Å². The monoisotopic (exact) mass is 709 g/mol. The van der Waals surface area contributed by atoms with Gasteiger partial charge in [0.25, 0.3) is 0 Å². The van der Waals surface area contributed by atoms with Gasteiger partial charge in [-0.3, -0.25) is 4.99 Å². The van der Waals surface area contributed by atoms with Crippen molar-refractivity contribution in [1.82, 2.24) is 0 Å². The molecule has 0 fully saturated rings. The number of benzene rings is 2. The second-order valence-electron chi connectivity index (χ2n) is 15.4. The van der Waals surface area contributed by atoms with Gasteiger partial charge in [-0.05, 0) is 86.3 Å². The average Bonchev–Trinajstić information content (AvgIpc) is 3.17. The number of rotatable bonds is 32. The third kappa shape index (κ3) is 23.8. The summed E-state index contributed by atoms with van der Waals surface area (Å²) in [6.45, 7) is 9.07. The van der Waals surface area contributed by atoms with Crippen LogP contribution in [-0.4, -0.2) is 11.4 Å². The van der Waals surface area contributed by atoms with Crippen molar-refractivity contribution in [2.24, 2.45) is 9.98 Å².